The third-order valence-electron chi connectivity index (χ3n) is 6.07. The summed E-state index contributed by atoms with van der Waals surface area (Å²) in [6.07, 6.45) is 0.364. The summed E-state index contributed by atoms with van der Waals surface area (Å²) < 4.78 is 4.66. The number of carbonyl (C=O) groups is 3. The van der Waals surface area contributed by atoms with Gasteiger partial charge in [-0.1, -0.05) is 43.6 Å². The standard InChI is InChI=1S/C24H27ClN2O5/c1-23(2)15-27(12-11-24(23,31)18-7-9-19(25)10-8-18)20(28)14-26-21(29)16-5-4-6-17(13-16)22(30)32-3/h4-10,13,31H,11-12,14-15H2,1-3H3,(H,26,29)/t24-/m0/s1. The van der Waals surface area contributed by atoms with Crippen molar-refractivity contribution in [2.75, 3.05) is 26.7 Å². The number of hydrogen-bond donors (Lipinski definition) is 2. The highest BCUT2D eigenvalue weighted by Crippen LogP contribution is 2.46. The third kappa shape index (κ3) is 4.79. The van der Waals surface area contributed by atoms with Crippen LogP contribution in [-0.4, -0.2) is 54.5 Å². The van der Waals surface area contributed by atoms with E-state index in [4.69, 9.17) is 11.6 Å². The van der Waals surface area contributed by atoms with E-state index in [2.05, 4.69) is 10.1 Å². The molecule has 0 radical (unpaired) electrons. The van der Waals surface area contributed by atoms with Crippen LogP contribution in [0.4, 0.5) is 0 Å². The summed E-state index contributed by atoms with van der Waals surface area (Å²) in [6.45, 7) is 4.33. The zero-order valence-corrected chi connectivity index (χ0v) is 19.1. The van der Waals surface area contributed by atoms with Gasteiger partial charge in [0.25, 0.3) is 5.91 Å². The molecule has 2 N–H and O–H groups in total. The van der Waals surface area contributed by atoms with Gasteiger partial charge in [-0.05, 0) is 42.3 Å². The second-order valence-corrected chi connectivity index (χ2v) is 9.01. The van der Waals surface area contributed by atoms with Crippen LogP contribution < -0.4 is 5.32 Å². The lowest BCUT2D eigenvalue weighted by molar-refractivity contribution is -0.152. The van der Waals surface area contributed by atoms with Crippen LogP contribution in [0, 0.1) is 5.41 Å². The highest BCUT2D eigenvalue weighted by atomic mass is 35.5. The molecule has 2 aromatic rings. The maximum Gasteiger partial charge on any atom is 0.337 e. The molecule has 8 heteroatoms. The van der Waals surface area contributed by atoms with E-state index in [-0.39, 0.29) is 23.6 Å². The molecule has 2 amide bonds. The molecule has 7 nitrogen and oxygen atoms in total. The van der Waals surface area contributed by atoms with Crippen LogP contribution in [0.15, 0.2) is 48.5 Å². The van der Waals surface area contributed by atoms with Gasteiger partial charge in [-0.3, -0.25) is 9.59 Å². The molecule has 0 bridgehead atoms. The first-order chi connectivity index (χ1) is 15.1. The molecule has 32 heavy (non-hydrogen) atoms. The molecule has 0 aliphatic carbocycles. The van der Waals surface area contributed by atoms with Crippen LogP contribution in [-0.2, 0) is 15.1 Å². The molecular weight excluding hydrogens is 432 g/mol. The van der Waals surface area contributed by atoms with Crippen LogP contribution >= 0.6 is 11.6 Å². The number of esters is 1. The Labute approximate surface area is 192 Å². The van der Waals surface area contributed by atoms with E-state index in [1.54, 1.807) is 35.2 Å². The summed E-state index contributed by atoms with van der Waals surface area (Å²) in [7, 11) is 1.27. The summed E-state index contributed by atoms with van der Waals surface area (Å²) in [5.74, 6) is -1.24. The average Bonchev–Trinajstić information content (AvgIpc) is 2.78. The summed E-state index contributed by atoms with van der Waals surface area (Å²) in [5, 5.41) is 14.6. The number of ether oxygens (including phenoxy) is 1. The Hall–Kier alpha value is -2.90. The molecule has 1 saturated heterocycles. The van der Waals surface area contributed by atoms with Crippen molar-refractivity contribution in [3.8, 4) is 0 Å². The number of amides is 2. The molecule has 1 aliphatic heterocycles. The van der Waals surface area contributed by atoms with Crippen LogP contribution in [0.3, 0.4) is 0 Å². The Balaban J connectivity index is 1.63. The maximum absolute atomic E-state index is 12.8. The van der Waals surface area contributed by atoms with Gasteiger partial charge in [0.2, 0.25) is 5.91 Å². The van der Waals surface area contributed by atoms with E-state index >= 15 is 0 Å². The number of rotatable bonds is 5. The minimum absolute atomic E-state index is 0.184. The quantitative estimate of drug-likeness (QED) is 0.671. The van der Waals surface area contributed by atoms with E-state index in [1.807, 2.05) is 26.0 Å². The smallest absolute Gasteiger partial charge is 0.337 e. The average molecular weight is 459 g/mol. The minimum Gasteiger partial charge on any atom is -0.465 e. The van der Waals surface area contributed by atoms with Gasteiger partial charge in [0.15, 0.2) is 0 Å². The summed E-state index contributed by atoms with van der Waals surface area (Å²) in [4.78, 5) is 38.5. The van der Waals surface area contributed by atoms with Crippen LogP contribution in [0.2, 0.25) is 5.02 Å². The number of likely N-dealkylation sites (tertiary alicyclic amines) is 1. The lowest BCUT2D eigenvalue weighted by Crippen LogP contribution is -2.57. The molecule has 2 aromatic carbocycles. The number of halogens is 1. The SMILES string of the molecule is COC(=O)c1cccc(C(=O)NCC(=O)N2CC[C@](O)(c3ccc(Cl)cc3)C(C)(C)C2)c1. The molecule has 1 fully saturated rings. The normalized spacial score (nSPS) is 19.8. The van der Waals surface area contributed by atoms with E-state index in [9.17, 15) is 19.5 Å². The molecular formula is C24H27ClN2O5. The molecule has 3 rings (SSSR count). The van der Waals surface area contributed by atoms with Gasteiger partial charge >= 0.3 is 5.97 Å². The van der Waals surface area contributed by atoms with Gasteiger partial charge in [0.05, 0.1) is 24.8 Å². The van der Waals surface area contributed by atoms with Crippen molar-refractivity contribution in [1.29, 1.82) is 0 Å². The highest BCUT2D eigenvalue weighted by molar-refractivity contribution is 6.30. The number of nitrogens with zero attached hydrogens (tertiary/aromatic N) is 1. The Kier molecular flexibility index (Phi) is 6.91. The number of carbonyl (C=O) groups excluding carboxylic acids is 3. The molecule has 0 spiro atoms. The van der Waals surface area contributed by atoms with Crippen LogP contribution in [0.25, 0.3) is 0 Å². The van der Waals surface area contributed by atoms with Crippen molar-refractivity contribution in [2.24, 2.45) is 5.41 Å². The number of nitrogens with one attached hydrogen (secondary N) is 1. The first kappa shape index (κ1) is 23.8. The van der Waals surface area contributed by atoms with Gasteiger partial charge < -0.3 is 20.1 Å². The zero-order chi connectivity index (χ0) is 23.5. The van der Waals surface area contributed by atoms with E-state index < -0.39 is 22.9 Å². The Morgan fingerprint density at radius 3 is 2.41 bits per heavy atom. The molecule has 170 valence electrons. The van der Waals surface area contributed by atoms with Gasteiger partial charge in [-0.2, -0.15) is 0 Å². The van der Waals surface area contributed by atoms with E-state index in [1.165, 1.54) is 13.2 Å². The fraction of sp³-hybridized carbons (Fsp3) is 0.375. The predicted octanol–water partition coefficient (Wildman–Crippen LogP) is 3.00. The molecule has 0 unspecified atom stereocenters. The van der Waals surface area contributed by atoms with Crippen molar-refractivity contribution < 1.29 is 24.2 Å². The zero-order valence-electron chi connectivity index (χ0n) is 18.4. The summed E-state index contributed by atoms with van der Waals surface area (Å²) >= 11 is 5.98. The van der Waals surface area contributed by atoms with Crippen molar-refractivity contribution >= 4 is 29.4 Å². The molecule has 0 aromatic heterocycles. The van der Waals surface area contributed by atoms with E-state index in [0.717, 1.165) is 5.56 Å². The van der Waals surface area contributed by atoms with E-state index in [0.29, 0.717) is 24.5 Å². The second kappa shape index (κ2) is 9.30. The van der Waals surface area contributed by atoms with Crippen molar-refractivity contribution in [1.82, 2.24) is 10.2 Å². The number of methoxy groups -OCH3 is 1. The van der Waals surface area contributed by atoms with Gasteiger partial charge in [-0.25, -0.2) is 4.79 Å². The minimum atomic E-state index is -1.11. The number of piperidine rings is 1. The molecule has 1 heterocycles. The summed E-state index contributed by atoms with van der Waals surface area (Å²) in [5.41, 5.74) is -0.445. The van der Waals surface area contributed by atoms with Gasteiger partial charge in [0.1, 0.15) is 0 Å². The number of aliphatic hydroxyl groups is 1. The topological polar surface area (TPSA) is 95.9 Å². The first-order valence-electron chi connectivity index (χ1n) is 10.3. The maximum atomic E-state index is 12.8. The molecule has 1 aliphatic rings. The lowest BCUT2D eigenvalue weighted by atomic mass is 9.66. The Morgan fingerprint density at radius 1 is 1.12 bits per heavy atom. The fourth-order valence-electron chi connectivity index (χ4n) is 4.07. The molecule has 1 atom stereocenters. The summed E-state index contributed by atoms with van der Waals surface area (Å²) in [6, 6.07) is 13.2. The van der Waals surface area contributed by atoms with Crippen molar-refractivity contribution in [2.45, 2.75) is 25.9 Å². The monoisotopic (exact) mass is 458 g/mol. The number of hydrogen-bond acceptors (Lipinski definition) is 5. The third-order valence-corrected chi connectivity index (χ3v) is 6.32. The van der Waals surface area contributed by atoms with Crippen molar-refractivity contribution in [3.05, 3.63) is 70.2 Å². The lowest BCUT2D eigenvalue weighted by Gasteiger charge is -2.50. The second-order valence-electron chi connectivity index (χ2n) is 8.57. The van der Waals surface area contributed by atoms with Gasteiger partial charge in [-0.15, -0.1) is 0 Å². The van der Waals surface area contributed by atoms with Gasteiger partial charge in [0, 0.05) is 29.1 Å². The highest BCUT2D eigenvalue weighted by Gasteiger charge is 2.49. The molecule has 0 saturated carbocycles. The Morgan fingerprint density at radius 2 is 1.78 bits per heavy atom. The first-order valence-corrected chi connectivity index (χ1v) is 10.7. The van der Waals surface area contributed by atoms with Crippen LogP contribution in [0.5, 0.6) is 0 Å². The predicted molar refractivity (Wildman–Crippen MR) is 120 cm³/mol. The largest absolute Gasteiger partial charge is 0.465 e. The Bertz CT molecular complexity index is 1020. The van der Waals surface area contributed by atoms with Crippen molar-refractivity contribution in [3.63, 3.8) is 0 Å². The van der Waals surface area contributed by atoms with Crippen LogP contribution in [0.1, 0.15) is 46.5 Å². The number of benzene rings is 2. The fourth-order valence-corrected chi connectivity index (χ4v) is 4.20.